The van der Waals surface area contributed by atoms with E-state index >= 15 is 0 Å². The molecule has 0 atom stereocenters. The molecular formula is C30H37O4. The summed E-state index contributed by atoms with van der Waals surface area (Å²) in [6.07, 6.45) is 12.9. The Hall–Kier alpha value is -3.14. The molecule has 0 saturated carbocycles. The summed E-state index contributed by atoms with van der Waals surface area (Å²) in [5, 5.41) is 12.2. The van der Waals surface area contributed by atoms with Gasteiger partial charge in [-0.2, -0.15) is 0 Å². The Morgan fingerprint density at radius 2 is 1.09 bits per heavy atom. The average molecular weight is 462 g/mol. The average Bonchev–Trinajstić information content (AvgIpc) is 2.86. The first-order chi connectivity index (χ1) is 16.7. The third-order valence-corrected chi connectivity index (χ3v) is 5.71. The van der Waals surface area contributed by atoms with E-state index in [0.717, 1.165) is 12.2 Å². The van der Waals surface area contributed by atoms with Crippen LogP contribution in [-0.2, 0) is 5.11 Å². The number of unbranched alkanes of at least 4 members (excludes halogenated alkanes) is 9. The molecule has 0 N–H and O–H groups in total. The van der Waals surface area contributed by atoms with Crippen molar-refractivity contribution in [3.8, 4) is 34.5 Å². The molecule has 4 nitrogen and oxygen atoms in total. The van der Waals surface area contributed by atoms with Crippen molar-refractivity contribution < 1.29 is 19.3 Å². The topological polar surface area (TPSA) is 47.6 Å². The van der Waals surface area contributed by atoms with Crippen molar-refractivity contribution in [1.82, 2.24) is 0 Å². The second-order valence-corrected chi connectivity index (χ2v) is 8.63. The van der Waals surface area contributed by atoms with Gasteiger partial charge in [0.15, 0.2) is 5.75 Å². The van der Waals surface area contributed by atoms with Gasteiger partial charge in [0.1, 0.15) is 23.0 Å². The van der Waals surface area contributed by atoms with E-state index in [1.807, 2.05) is 42.5 Å². The van der Waals surface area contributed by atoms with Crippen LogP contribution in [-0.4, -0.2) is 6.61 Å². The number of para-hydroxylation sites is 1. The summed E-state index contributed by atoms with van der Waals surface area (Å²) in [6.45, 7) is 2.91. The highest BCUT2D eigenvalue weighted by molar-refractivity contribution is 5.47. The minimum absolute atomic E-state index is 0.170. The maximum absolute atomic E-state index is 12.2. The number of hydrogen-bond donors (Lipinski definition) is 0. The maximum Gasteiger partial charge on any atom is 0.221 e. The van der Waals surface area contributed by atoms with Crippen LogP contribution in [0.25, 0.3) is 0 Å². The molecule has 4 heteroatoms. The smallest absolute Gasteiger partial charge is 0.221 e. The van der Waals surface area contributed by atoms with Crippen LogP contribution in [0.2, 0.25) is 0 Å². The van der Waals surface area contributed by atoms with E-state index in [4.69, 9.17) is 14.2 Å². The summed E-state index contributed by atoms with van der Waals surface area (Å²) in [5.74, 6) is 2.80. The summed E-state index contributed by atoms with van der Waals surface area (Å²) in [6, 6.07) is 21.7. The van der Waals surface area contributed by atoms with Crippen LogP contribution in [0.4, 0.5) is 0 Å². The van der Waals surface area contributed by atoms with E-state index < -0.39 is 0 Å². The SMILES string of the molecule is CCCCCCCCCCCCOc1ccc([O])c(Oc2ccc(Oc3ccccc3)cc2)c1. The first-order valence-corrected chi connectivity index (χ1v) is 12.7. The van der Waals surface area contributed by atoms with Crippen molar-refractivity contribution in [2.45, 2.75) is 71.1 Å². The van der Waals surface area contributed by atoms with Crippen molar-refractivity contribution in [2.75, 3.05) is 6.61 Å². The van der Waals surface area contributed by atoms with Crippen molar-refractivity contribution in [1.29, 1.82) is 0 Å². The summed E-state index contributed by atoms with van der Waals surface area (Å²) >= 11 is 0. The normalized spacial score (nSPS) is 10.7. The largest absolute Gasteiger partial charge is 0.493 e. The first-order valence-electron chi connectivity index (χ1n) is 12.7. The van der Waals surface area contributed by atoms with Gasteiger partial charge in [0.05, 0.1) is 6.61 Å². The summed E-state index contributed by atoms with van der Waals surface area (Å²) in [7, 11) is 0. The van der Waals surface area contributed by atoms with Crippen LogP contribution in [0.1, 0.15) is 71.1 Å². The first kappa shape index (κ1) is 25.5. The number of benzene rings is 3. The monoisotopic (exact) mass is 461 g/mol. The molecule has 3 aromatic rings. The Labute approximate surface area is 204 Å². The highest BCUT2D eigenvalue weighted by Crippen LogP contribution is 2.35. The van der Waals surface area contributed by atoms with Crippen molar-refractivity contribution in [2.24, 2.45) is 0 Å². The van der Waals surface area contributed by atoms with Gasteiger partial charge in [0, 0.05) is 6.07 Å². The number of ether oxygens (including phenoxy) is 3. The molecule has 0 saturated heterocycles. The molecule has 0 amide bonds. The maximum atomic E-state index is 12.2. The van der Waals surface area contributed by atoms with Gasteiger partial charge in [-0.15, -0.1) is 0 Å². The van der Waals surface area contributed by atoms with Gasteiger partial charge in [-0.25, -0.2) is 0 Å². The van der Waals surface area contributed by atoms with Crippen LogP contribution < -0.4 is 14.2 Å². The molecule has 3 rings (SSSR count). The molecule has 0 aliphatic heterocycles. The molecule has 0 aliphatic carbocycles. The molecule has 3 aromatic carbocycles. The zero-order chi connectivity index (χ0) is 23.8. The number of rotatable bonds is 16. The van der Waals surface area contributed by atoms with Crippen LogP contribution in [0.15, 0.2) is 72.8 Å². The molecule has 0 unspecified atom stereocenters. The van der Waals surface area contributed by atoms with Gasteiger partial charge in [-0.1, -0.05) is 82.9 Å². The standard InChI is InChI=1S/C30H37O4/c1-2-3-4-5-6-7-8-9-10-14-23-32-28-21-22-29(31)30(24-28)34-27-19-17-26(18-20-27)33-25-15-12-11-13-16-25/h11-13,15-22,24H,2-10,14,23H2,1H3. The van der Waals surface area contributed by atoms with Gasteiger partial charge in [0.25, 0.3) is 0 Å². The zero-order valence-electron chi connectivity index (χ0n) is 20.3. The second kappa shape index (κ2) is 14.9. The van der Waals surface area contributed by atoms with Crippen LogP contribution in [0.3, 0.4) is 0 Å². The highest BCUT2D eigenvalue weighted by Gasteiger charge is 2.09. The second-order valence-electron chi connectivity index (χ2n) is 8.63. The van der Waals surface area contributed by atoms with Crippen LogP contribution >= 0.6 is 0 Å². The fraction of sp³-hybridized carbons (Fsp3) is 0.400. The molecule has 1 radical (unpaired) electrons. The number of hydrogen-bond acceptors (Lipinski definition) is 3. The zero-order valence-corrected chi connectivity index (χ0v) is 20.3. The summed E-state index contributed by atoms with van der Waals surface area (Å²) in [4.78, 5) is 0. The Morgan fingerprint density at radius 3 is 1.74 bits per heavy atom. The molecule has 0 fully saturated rings. The van der Waals surface area contributed by atoms with Gasteiger partial charge in [0.2, 0.25) is 5.75 Å². The van der Waals surface area contributed by atoms with Gasteiger partial charge >= 0.3 is 0 Å². The van der Waals surface area contributed by atoms with E-state index in [2.05, 4.69) is 6.92 Å². The molecule has 0 bridgehead atoms. The van der Waals surface area contributed by atoms with Crippen LogP contribution in [0, 0.1) is 0 Å². The molecule has 0 aliphatic rings. The molecule has 0 spiro atoms. The van der Waals surface area contributed by atoms with Gasteiger partial charge in [-0.3, -0.25) is 5.11 Å². The summed E-state index contributed by atoms with van der Waals surface area (Å²) in [5.41, 5.74) is 0. The van der Waals surface area contributed by atoms with Gasteiger partial charge < -0.3 is 14.2 Å². The fourth-order valence-electron chi connectivity index (χ4n) is 3.76. The van der Waals surface area contributed by atoms with Crippen molar-refractivity contribution in [3.63, 3.8) is 0 Å². The van der Waals surface area contributed by atoms with E-state index in [1.54, 1.807) is 24.3 Å². The molecule has 0 heterocycles. The lowest BCUT2D eigenvalue weighted by Crippen LogP contribution is -1.97. The summed E-state index contributed by atoms with van der Waals surface area (Å²) < 4.78 is 17.5. The lowest BCUT2D eigenvalue weighted by Gasteiger charge is -2.11. The highest BCUT2D eigenvalue weighted by atomic mass is 16.5. The Kier molecular flexibility index (Phi) is 11.2. The minimum Gasteiger partial charge on any atom is -0.493 e. The van der Waals surface area contributed by atoms with Gasteiger partial charge in [-0.05, 0) is 55.0 Å². The lowest BCUT2D eigenvalue weighted by molar-refractivity contribution is 0.297. The van der Waals surface area contributed by atoms with E-state index in [9.17, 15) is 5.11 Å². The van der Waals surface area contributed by atoms with Crippen molar-refractivity contribution in [3.05, 3.63) is 72.8 Å². The molecule has 181 valence electrons. The quantitative estimate of drug-likeness (QED) is 0.199. The lowest BCUT2D eigenvalue weighted by atomic mass is 10.1. The Morgan fingerprint density at radius 1 is 0.559 bits per heavy atom. The van der Waals surface area contributed by atoms with E-state index in [1.165, 1.54) is 63.9 Å². The Bertz CT molecular complexity index is 938. The van der Waals surface area contributed by atoms with Crippen LogP contribution in [0.5, 0.6) is 34.5 Å². The fourth-order valence-corrected chi connectivity index (χ4v) is 3.76. The molecule has 0 aromatic heterocycles. The molecular weight excluding hydrogens is 424 g/mol. The van der Waals surface area contributed by atoms with E-state index in [0.29, 0.717) is 23.9 Å². The predicted octanol–water partition coefficient (Wildman–Crippen LogP) is 9.71. The minimum atomic E-state index is -0.170. The predicted molar refractivity (Wildman–Crippen MR) is 137 cm³/mol. The van der Waals surface area contributed by atoms with Crippen molar-refractivity contribution >= 4 is 0 Å². The Balaban J connectivity index is 1.37. The van der Waals surface area contributed by atoms with E-state index in [-0.39, 0.29) is 11.5 Å². The molecule has 34 heavy (non-hydrogen) atoms. The third kappa shape index (κ3) is 9.38. The third-order valence-electron chi connectivity index (χ3n) is 5.71.